The monoisotopic (exact) mass is 477 g/mol. The van der Waals surface area contributed by atoms with E-state index < -0.39 is 24.1 Å². The van der Waals surface area contributed by atoms with Crippen LogP contribution in [0.4, 0.5) is 0 Å². The number of benzene rings is 1. The summed E-state index contributed by atoms with van der Waals surface area (Å²) in [6.45, 7) is 1.82. The summed E-state index contributed by atoms with van der Waals surface area (Å²) >= 11 is 6.36. The maximum absolute atomic E-state index is 12.4. The number of carbonyl (C=O) groups is 3. The second kappa shape index (κ2) is 12.0. The van der Waals surface area contributed by atoms with E-state index in [-0.39, 0.29) is 25.4 Å². The van der Waals surface area contributed by atoms with Gasteiger partial charge in [0.15, 0.2) is 12.1 Å². The highest BCUT2D eigenvalue weighted by atomic mass is 79.9. The molecule has 0 aromatic heterocycles. The first kappa shape index (κ1) is 21.6. The van der Waals surface area contributed by atoms with Gasteiger partial charge >= 0.3 is 11.9 Å². The lowest BCUT2D eigenvalue weighted by Crippen LogP contribution is -2.47. The number of ether oxygens (including phenoxy) is 2. The Morgan fingerprint density at radius 1 is 1.08 bits per heavy atom. The Hall–Kier alpha value is -1.41. The molecule has 8 heteroatoms. The smallest absolute Gasteiger partial charge is 0.332 e. The van der Waals surface area contributed by atoms with Crippen molar-refractivity contribution in [2.24, 2.45) is 0 Å². The van der Waals surface area contributed by atoms with Crippen LogP contribution in [0.2, 0.25) is 0 Å². The van der Waals surface area contributed by atoms with Crippen LogP contribution in [0.5, 0.6) is 0 Å². The van der Waals surface area contributed by atoms with Crippen molar-refractivity contribution in [3.05, 3.63) is 35.9 Å². The Balaban J connectivity index is 3.13. The fourth-order valence-corrected chi connectivity index (χ4v) is 2.75. The number of carbonyl (C=O) groups excluding carboxylic acids is 3. The molecule has 0 aliphatic carbocycles. The number of hydrogen-bond donors (Lipinski definition) is 1. The van der Waals surface area contributed by atoms with Gasteiger partial charge in [0, 0.05) is 17.1 Å². The molecule has 0 saturated carbocycles. The fourth-order valence-electron chi connectivity index (χ4n) is 2.07. The molecule has 1 N–H and O–H groups in total. The number of amides is 1. The number of esters is 2. The topological polar surface area (TPSA) is 81.7 Å². The molecule has 0 heterocycles. The third-order valence-electron chi connectivity index (χ3n) is 3.17. The molecule has 25 heavy (non-hydrogen) atoms. The Morgan fingerprint density at radius 3 is 2.28 bits per heavy atom. The molecule has 0 unspecified atom stereocenters. The minimum absolute atomic E-state index is 0.147. The molecule has 0 fully saturated rings. The SMILES string of the molecule is CCOC(=O)[C@@H](NC(=O)CCBr)[C@H](OC(=O)CCBr)c1ccccc1. The molecule has 0 aliphatic heterocycles. The highest BCUT2D eigenvalue weighted by Crippen LogP contribution is 2.23. The van der Waals surface area contributed by atoms with E-state index >= 15 is 0 Å². The number of rotatable bonds is 10. The number of halogens is 2. The highest BCUT2D eigenvalue weighted by Gasteiger charge is 2.35. The summed E-state index contributed by atoms with van der Waals surface area (Å²) in [5.74, 6) is -1.46. The fraction of sp³-hybridized carbons (Fsp3) is 0.471. The van der Waals surface area contributed by atoms with Crippen LogP contribution < -0.4 is 5.32 Å². The third-order valence-corrected chi connectivity index (χ3v) is 3.96. The summed E-state index contributed by atoms with van der Waals surface area (Å²) in [6.07, 6.45) is -0.632. The van der Waals surface area contributed by atoms with E-state index in [1.165, 1.54) is 0 Å². The van der Waals surface area contributed by atoms with E-state index in [2.05, 4.69) is 37.2 Å². The van der Waals surface area contributed by atoms with Gasteiger partial charge in [0.25, 0.3) is 0 Å². The number of alkyl halides is 2. The predicted molar refractivity (Wildman–Crippen MR) is 101 cm³/mol. The average molecular weight is 479 g/mol. The number of nitrogens with one attached hydrogen (secondary N) is 1. The van der Waals surface area contributed by atoms with Gasteiger partial charge in [0.05, 0.1) is 13.0 Å². The second-order valence-electron chi connectivity index (χ2n) is 5.00. The standard InChI is InChI=1S/C17H21Br2NO5/c1-2-24-17(23)15(20-13(21)8-10-18)16(25-14(22)9-11-19)12-6-4-3-5-7-12/h3-7,15-16H,2,8-11H2,1H3,(H,20,21)/t15-,16+/m0/s1. The van der Waals surface area contributed by atoms with Crippen molar-refractivity contribution >= 4 is 49.7 Å². The van der Waals surface area contributed by atoms with Crippen molar-refractivity contribution in [2.45, 2.75) is 31.9 Å². The third kappa shape index (κ3) is 7.56. The first-order chi connectivity index (χ1) is 12.0. The largest absolute Gasteiger partial charge is 0.464 e. The van der Waals surface area contributed by atoms with Crippen molar-refractivity contribution in [2.75, 3.05) is 17.3 Å². The molecule has 0 aliphatic rings. The van der Waals surface area contributed by atoms with Crippen LogP contribution >= 0.6 is 31.9 Å². The van der Waals surface area contributed by atoms with Gasteiger partial charge in [-0.3, -0.25) is 9.59 Å². The zero-order valence-corrected chi connectivity index (χ0v) is 17.0. The summed E-state index contributed by atoms with van der Waals surface area (Å²) in [5.41, 5.74) is 0.600. The van der Waals surface area contributed by atoms with Crippen molar-refractivity contribution in [1.82, 2.24) is 5.32 Å². The maximum Gasteiger partial charge on any atom is 0.332 e. The molecule has 1 amide bonds. The minimum atomic E-state index is -1.12. The van der Waals surface area contributed by atoms with Crippen LogP contribution in [-0.2, 0) is 23.9 Å². The van der Waals surface area contributed by atoms with E-state index in [0.717, 1.165) is 0 Å². The van der Waals surface area contributed by atoms with Gasteiger partial charge in [-0.25, -0.2) is 4.79 Å². The molecule has 0 saturated heterocycles. The van der Waals surface area contributed by atoms with E-state index in [1.807, 2.05) is 6.07 Å². The summed E-state index contributed by atoms with van der Waals surface area (Å²) in [6, 6.07) is 7.69. The molecular weight excluding hydrogens is 458 g/mol. The zero-order chi connectivity index (χ0) is 18.7. The molecule has 1 aromatic carbocycles. The van der Waals surface area contributed by atoms with Gasteiger partial charge in [0.1, 0.15) is 0 Å². The quantitative estimate of drug-likeness (QED) is 0.413. The predicted octanol–water partition coefficient (Wildman–Crippen LogP) is 2.89. The van der Waals surface area contributed by atoms with Crippen molar-refractivity contribution in [1.29, 1.82) is 0 Å². The first-order valence-electron chi connectivity index (χ1n) is 7.85. The lowest BCUT2D eigenvalue weighted by atomic mass is 10.0. The Bertz CT molecular complexity index is 567. The summed E-state index contributed by atoms with van der Waals surface area (Å²) in [5, 5.41) is 3.51. The van der Waals surface area contributed by atoms with Gasteiger partial charge in [-0.2, -0.15) is 0 Å². The van der Waals surface area contributed by atoms with Gasteiger partial charge in [0.2, 0.25) is 5.91 Å². The van der Waals surface area contributed by atoms with Crippen molar-refractivity contribution in [3.63, 3.8) is 0 Å². The highest BCUT2D eigenvalue weighted by molar-refractivity contribution is 9.09. The van der Waals surface area contributed by atoms with Crippen molar-refractivity contribution in [3.8, 4) is 0 Å². The molecule has 0 radical (unpaired) electrons. The van der Waals surface area contributed by atoms with E-state index in [4.69, 9.17) is 9.47 Å². The van der Waals surface area contributed by atoms with Gasteiger partial charge < -0.3 is 14.8 Å². The molecular formula is C17H21Br2NO5. The lowest BCUT2D eigenvalue weighted by Gasteiger charge is -2.26. The van der Waals surface area contributed by atoms with Crippen LogP contribution in [0.1, 0.15) is 31.4 Å². The van der Waals surface area contributed by atoms with E-state index in [1.54, 1.807) is 31.2 Å². The molecule has 0 spiro atoms. The average Bonchev–Trinajstić information content (AvgIpc) is 2.59. The lowest BCUT2D eigenvalue weighted by molar-refractivity contribution is -0.160. The maximum atomic E-state index is 12.4. The van der Waals surface area contributed by atoms with Crippen LogP contribution in [0.15, 0.2) is 30.3 Å². The first-order valence-corrected chi connectivity index (χ1v) is 10.1. The summed E-state index contributed by atoms with van der Waals surface area (Å²) < 4.78 is 10.6. The number of hydrogen-bond acceptors (Lipinski definition) is 5. The Kier molecular flexibility index (Phi) is 10.4. The molecule has 0 bridgehead atoms. The van der Waals surface area contributed by atoms with E-state index in [9.17, 15) is 14.4 Å². The molecule has 1 aromatic rings. The van der Waals surface area contributed by atoms with Crippen molar-refractivity contribution < 1.29 is 23.9 Å². The Morgan fingerprint density at radius 2 is 1.72 bits per heavy atom. The summed E-state index contributed by atoms with van der Waals surface area (Å²) in [4.78, 5) is 36.4. The molecule has 1 rings (SSSR count). The van der Waals surface area contributed by atoms with E-state index in [0.29, 0.717) is 16.2 Å². The Labute approximate surface area is 163 Å². The molecule has 6 nitrogen and oxygen atoms in total. The minimum Gasteiger partial charge on any atom is -0.464 e. The van der Waals surface area contributed by atoms with Gasteiger partial charge in [-0.05, 0) is 12.5 Å². The summed E-state index contributed by atoms with van der Waals surface area (Å²) in [7, 11) is 0. The normalized spacial score (nSPS) is 12.8. The molecule has 2 atom stereocenters. The van der Waals surface area contributed by atoms with Crippen LogP contribution in [-0.4, -0.2) is 41.2 Å². The van der Waals surface area contributed by atoms with Gasteiger partial charge in [-0.1, -0.05) is 62.2 Å². The van der Waals surface area contributed by atoms with Crippen LogP contribution in [0, 0.1) is 0 Å². The zero-order valence-electron chi connectivity index (χ0n) is 13.9. The second-order valence-corrected chi connectivity index (χ2v) is 6.58. The van der Waals surface area contributed by atoms with Crippen LogP contribution in [0.3, 0.4) is 0 Å². The molecule has 138 valence electrons. The van der Waals surface area contributed by atoms with Crippen LogP contribution in [0.25, 0.3) is 0 Å². The van der Waals surface area contributed by atoms with Gasteiger partial charge in [-0.15, -0.1) is 0 Å².